The Morgan fingerprint density at radius 2 is 1.46 bits per heavy atom. The second-order valence-electron chi connectivity index (χ2n) is 9.58. The predicted molar refractivity (Wildman–Crippen MR) is 109 cm³/mol. The zero-order chi connectivity index (χ0) is 18.6. The summed E-state index contributed by atoms with van der Waals surface area (Å²) in [5, 5.41) is 3.88. The number of hydrogen-bond donors (Lipinski definition) is 2. The fourth-order valence-corrected chi connectivity index (χ4v) is 7.44. The molecule has 2 unspecified atom stereocenters. The molecule has 4 aliphatic rings. The first kappa shape index (κ1) is 20.6. The fourth-order valence-electron chi connectivity index (χ4n) is 6.40. The Morgan fingerprint density at radius 1 is 0.885 bits per heavy atom. The van der Waals surface area contributed by atoms with Crippen LogP contribution in [0.5, 0.6) is 0 Å². The lowest BCUT2D eigenvalue weighted by Crippen LogP contribution is -2.66. The third-order valence-corrected chi connectivity index (χ3v) is 7.89. The van der Waals surface area contributed by atoms with Gasteiger partial charge >= 0.3 is 0 Å². The van der Waals surface area contributed by atoms with Crippen LogP contribution in [-0.4, -0.2) is 32.8 Å². The van der Waals surface area contributed by atoms with E-state index in [4.69, 9.17) is 0 Å². The summed E-state index contributed by atoms with van der Waals surface area (Å²) in [4.78, 5) is 0. The van der Waals surface area contributed by atoms with E-state index < -0.39 is 10.0 Å². The van der Waals surface area contributed by atoms with Crippen molar-refractivity contribution >= 4 is 10.0 Å². The van der Waals surface area contributed by atoms with Crippen LogP contribution >= 0.6 is 0 Å². The SMILES string of the molecule is CCCCCCCCCCNC1C2CC3CC1CC(NS(C)(=O)=O)(C3)C2. The molecule has 0 spiro atoms. The molecule has 0 aliphatic heterocycles. The normalized spacial score (nSPS) is 35.9. The molecule has 4 bridgehead atoms. The van der Waals surface area contributed by atoms with E-state index in [1.807, 2.05) is 0 Å². The standard InChI is InChI=1S/C21H40N2O2S/c1-3-4-5-6-7-8-9-10-11-22-20-18-12-17-13-19(20)16-21(14-17,15-18)23-26(2,24)25/h17-20,22-23H,3-16H2,1-2H3. The van der Waals surface area contributed by atoms with Crippen LogP contribution < -0.4 is 10.0 Å². The van der Waals surface area contributed by atoms with Crippen molar-refractivity contribution in [2.24, 2.45) is 17.8 Å². The van der Waals surface area contributed by atoms with Crippen molar-refractivity contribution in [2.45, 2.75) is 102 Å². The molecule has 4 aliphatic carbocycles. The predicted octanol–water partition coefficient (Wildman–Crippen LogP) is 4.21. The Labute approximate surface area is 161 Å². The Bertz CT molecular complexity index is 532. The second-order valence-corrected chi connectivity index (χ2v) is 11.3. The molecule has 4 rings (SSSR count). The van der Waals surface area contributed by atoms with Crippen LogP contribution in [-0.2, 0) is 10.0 Å². The molecule has 4 fully saturated rings. The third kappa shape index (κ3) is 5.45. The monoisotopic (exact) mass is 384 g/mol. The summed E-state index contributed by atoms with van der Waals surface area (Å²) in [5.74, 6) is 2.08. The molecule has 2 N–H and O–H groups in total. The Morgan fingerprint density at radius 3 is 2.04 bits per heavy atom. The molecule has 0 heterocycles. The van der Waals surface area contributed by atoms with Crippen molar-refractivity contribution in [1.82, 2.24) is 10.0 Å². The van der Waals surface area contributed by atoms with Crippen LogP contribution in [0.4, 0.5) is 0 Å². The van der Waals surface area contributed by atoms with Crippen molar-refractivity contribution in [2.75, 3.05) is 12.8 Å². The highest BCUT2D eigenvalue weighted by atomic mass is 32.2. The van der Waals surface area contributed by atoms with Crippen LogP contribution in [0.25, 0.3) is 0 Å². The Kier molecular flexibility index (Phi) is 7.06. The van der Waals surface area contributed by atoms with E-state index in [2.05, 4.69) is 17.0 Å². The molecule has 0 radical (unpaired) electrons. The maximum atomic E-state index is 11.8. The van der Waals surface area contributed by atoms with Gasteiger partial charge in [-0.05, 0) is 62.8 Å². The van der Waals surface area contributed by atoms with Gasteiger partial charge in [-0.15, -0.1) is 0 Å². The first-order chi connectivity index (χ1) is 12.4. The van der Waals surface area contributed by atoms with Crippen LogP contribution in [0.2, 0.25) is 0 Å². The van der Waals surface area contributed by atoms with Crippen molar-refractivity contribution in [3.8, 4) is 0 Å². The fraction of sp³-hybridized carbons (Fsp3) is 1.00. The van der Waals surface area contributed by atoms with Gasteiger partial charge in [-0.1, -0.05) is 51.9 Å². The number of rotatable bonds is 12. The van der Waals surface area contributed by atoms with Gasteiger partial charge < -0.3 is 5.32 Å². The summed E-state index contributed by atoms with van der Waals surface area (Å²) in [7, 11) is -3.11. The van der Waals surface area contributed by atoms with E-state index >= 15 is 0 Å². The van der Waals surface area contributed by atoms with Gasteiger partial charge in [0.15, 0.2) is 0 Å². The molecule has 2 atom stereocenters. The van der Waals surface area contributed by atoms with E-state index in [-0.39, 0.29) is 5.54 Å². The summed E-state index contributed by atoms with van der Waals surface area (Å²) in [5.41, 5.74) is -0.124. The number of unbranched alkanes of at least 4 members (excludes halogenated alkanes) is 7. The van der Waals surface area contributed by atoms with Gasteiger partial charge in [0.25, 0.3) is 0 Å². The van der Waals surface area contributed by atoms with E-state index in [1.165, 1.54) is 70.5 Å². The van der Waals surface area contributed by atoms with Crippen molar-refractivity contribution in [3.05, 3.63) is 0 Å². The third-order valence-electron chi connectivity index (χ3n) is 7.09. The van der Waals surface area contributed by atoms with Crippen molar-refractivity contribution < 1.29 is 8.42 Å². The summed E-state index contributed by atoms with van der Waals surface area (Å²) < 4.78 is 26.7. The highest BCUT2D eigenvalue weighted by Gasteiger charge is 2.55. The van der Waals surface area contributed by atoms with Crippen molar-refractivity contribution in [1.29, 1.82) is 0 Å². The lowest BCUT2D eigenvalue weighted by atomic mass is 9.51. The van der Waals surface area contributed by atoms with E-state index in [9.17, 15) is 8.42 Å². The van der Waals surface area contributed by atoms with Gasteiger partial charge in [-0.2, -0.15) is 0 Å². The minimum absolute atomic E-state index is 0.124. The zero-order valence-corrected chi connectivity index (χ0v) is 17.8. The number of nitrogens with one attached hydrogen (secondary N) is 2. The Balaban J connectivity index is 1.38. The van der Waals surface area contributed by atoms with Gasteiger partial charge in [-0.25, -0.2) is 13.1 Å². The molecule has 4 saturated carbocycles. The molecule has 152 valence electrons. The maximum absolute atomic E-state index is 11.8. The zero-order valence-electron chi connectivity index (χ0n) is 16.9. The lowest BCUT2D eigenvalue weighted by Gasteiger charge is -2.60. The molecule has 0 aromatic heterocycles. The molecular formula is C21H40N2O2S. The average Bonchev–Trinajstić information content (AvgIpc) is 2.52. The minimum Gasteiger partial charge on any atom is -0.313 e. The first-order valence-corrected chi connectivity index (χ1v) is 13.0. The lowest BCUT2D eigenvalue weighted by molar-refractivity contribution is -0.0368. The van der Waals surface area contributed by atoms with Gasteiger partial charge in [0.2, 0.25) is 10.0 Å². The molecule has 0 saturated heterocycles. The maximum Gasteiger partial charge on any atom is 0.209 e. The minimum atomic E-state index is -3.11. The van der Waals surface area contributed by atoms with E-state index in [0.29, 0.717) is 17.9 Å². The molecule has 0 amide bonds. The quantitative estimate of drug-likeness (QED) is 0.496. The molecule has 4 nitrogen and oxygen atoms in total. The van der Waals surface area contributed by atoms with Crippen LogP contribution in [0.15, 0.2) is 0 Å². The highest BCUT2D eigenvalue weighted by Crippen LogP contribution is 2.55. The first-order valence-electron chi connectivity index (χ1n) is 11.1. The average molecular weight is 385 g/mol. The molecule has 0 aromatic rings. The van der Waals surface area contributed by atoms with Crippen LogP contribution in [0.1, 0.15) is 90.4 Å². The summed E-state index contributed by atoms with van der Waals surface area (Å²) in [6.07, 6.45) is 18.0. The van der Waals surface area contributed by atoms with Crippen LogP contribution in [0.3, 0.4) is 0 Å². The number of sulfonamides is 1. The summed E-state index contributed by atoms with van der Waals surface area (Å²) in [6, 6.07) is 0.630. The second kappa shape index (κ2) is 8.91. The smallest absolute Gasteiger partial charge is 0.209 e. The van der Waals surface area contributed by atoms with Crippen molar-refractivity contribution in [3.63, 3.8) is 0 Å². The van der Waals surface area contributed by atoms with Gasteiger partial charge in [0.1, 0.15) is 0 Å². The summed E-state index contributed by atoms with van der Waals surface area (Å²) >= 11 is 0. The largest absolute Gasteiger partial charge is 0.313 e. The Hall–Kier alpha value is -0.130. The molecule has 0 aromatic carbocycles. The van der Waals surface area contributed by atoms with E-state index in [1.54, 1.807) is 0 Å². The molecule has 5 heteroatoms. The van der Waals surface area contributed by atoms with E-state index in [0.717, 1.165) is 31.7 Å². The topological polar surface area (TPSA) is 58.2 Å². The molecule has 26 heavy (non-hydrogen) atoms. The molecular weight excluding hydrogens is 344 g/mol. The summed E-state index contributed by atoms with van der Waals surface area (Å²) in [6.45, 7) is 3.42. The van der Waals surface area contributed by atoms with Gasteiger partial charge in [0.05, 0.1) is 6.26 Å². The van der Waals surface area contributed by atoms with Crippen LogP contribution in [0, 0.1) is 17.8 Å². The van der Waals surface area contributed by atoms with Gasteiger partial charge in [-0.3, -0.25) is 0 Å². The van der Waals surface area contributed by atoms with Gasteiger partial charge in [0, 0.05) is 11.6 Å². The number of hydrogen-bond acceptors (Lipinski definition) is 3. The highest BCUT2D eigenvalue weighted by molar-refractivity contribution is 7.88.